The van der Waals surface area contributed by atoms with Crippen LogP contribution in [-0.2, 0) is 20.7 Å². The third-order valence-electron chi connectivity index (χ3n) is 3.83. The molecule has 0 fully saturated rings. The van der Waals surface area contributed by atoms with Crippen molar-refractivity contribution in [1.29, 1.82) is 0 Å². The zero-order chi connectivity index (χ0) is 20.1. The van der Waals surface area contributed by atoms with Gasteiger partial charge in [-0.25, -0.2) is 13.5 Å². The average molecular weight is 385 g/mol. The number of aryl methyl sites for hydroxylation is 1. The van der Waals surface area contributed by atoms with E-state index in [1.54, 1.807) is 19.1 Å². The van der Waals surface area contributed by atoms with Gasteiger partial charge in [0.15, 0.2) is 6.61 Å². The van der Waals surface area contributed by atoms with Crippen LogP contribution in [0.2, 0.25) is 0 Å². The zero-order valence-electron chi connectivity index (χ0n) is 15.0. The molecule has 144 valence electrons. The van der Waals surface area contributed by atoms with Crippen molar-refractivity contribution in [2.45, 2.75) is 13.3 Å². The number of carbonyl (C=O) groups is 2. The Kier molecular flexibility index (Phi) is 5.78. The normalized spacial score (nSPS) is 10.5. The fraction of sp³-hybridized carbons (Fsp3) is 0.150. The molecule has 0 saturated carbocycles. The summed E-state index contributed by atoms with van der Waals surface area (Å²) >= 11 is 0. The van der Waals surface area contributed by atoms with Crippen LogP contribution < -0.4 is 5.32 Å². The summed E-state index contributed by atoms with van der Waals surface area (Å²) in [5.41, 5.74) is 1.38. The van der Waals surface area contributed by atoms with E-state index in [1.165, 1.54) is 47.1 Å². The Morgan fingerprint density at radius 3 is 2.54 bits per heavy atom. The van der Waals surface area contributed by atoms with Gasteiger partial charge in [0.25, 0.3) is 5.91 Å². The van der Waals surface area contributed by atoms with E-state index in [2.05, 4.69) is 10.4 Å². The van der Waals surface area contributed by atoms with Crippen molar-refractivity contribution in [2.24, 2.45) is 0 Å². The molecule has 0 radical (unpaired) electrons. The molecule has 0 saturated heterocycles. The van der Waals surface area contributed by atoms with E-state index < -0.39 is 24.3 Å². The maximum Gasteiger partial charge on any atom is 0.310 e. The van der Waals surface area contributed by atoms with E-state index in [0.29, 0.717) is 17.2 Å². The summed E-state index contributed by atoms with van der Waals surface area (Å²) < 4.78 is 33.0. The summed E-state index contributed by atoms with van der Waals surface area (Å²) in [6.07, 6.45) is -0.271. The molecule has 6 nitrogen and oxygen atoms in total. The summed E-state index contributed by atoms with van der Waals surface area (Å²) in [6.45, 7) is 1.21. The molecule has 1 aromatic heterocycles. The second-order valence-corrected chi connectivity index (χ2v) is 6.04. The number of anilines is 1. The number of hydrogen-bond donors (Lipinski definition) is 1. The summed E-state index contributed by atoms with van der Waals surface area (Å²) in [4.78, 5) is 23.9. The molecule has 8 heteroatoms. The highest BCUT2D eigenvalue weighted by Crippen LogP contribution is 2.17. The number of nitrogens with one attached hydrogen (secondary N) is 1. The standard InChI is InChI=1S/C20H17F2N3O3/c1-13-10-18(25(24-13)16-8-6-15(21)7-9-16)23-19(26)12-28-20(27)11-14-4-2-3-5-17(14)22/h2-10H,11-12H2,1H3,(H,23,26). The topological polar surface area (TPSA) is 73.2 Å². The fourth-order valence-corrected chi connectivity index (χ4v) is 2.54. The minimum Gasteiger partial charge on any atom is -0.455 e. The van der Waals surface area contributed by atoms with E-state index >= 15 is 0 Å². The molecule has 0 aliphatic rings. The molecule has 1 N–H and O–H groups in total. The third kappa shape index (κ3) is 4.79. The molecule has 0 spiro atoms. The number of nitrogens with zero attached hydrogens (tertiary/aromatic N) is 2. The molecule has 0 atom stereocenters. The van der Waals surface area contributed by atoms with Crippen LogP contribution in [-0.4, -0.2) is 28.3 Å². The molecule has 0 bridgehead atoms. The van der Waals surface area contributed by atoms with Crippen LogP contribution in [0.25, 0.3) is 5.69 Å². The Bertz CT molecular complexity index is 1000. The lowest BCUT2D eigenvalue weighted by molar-refractivity contribution is -0.146. The first kappa shape index (κ1) is 19.2. The minimum atomic E-state index is -0.719. The van der Waals surface area contributed by atoms with Gasteiger partial charge in [0.05, 0.1) is 17.8 Å². The molecule has 0 aliphatic carbocycles. The van der Waals surface area contributed by atoms with Crippen molar-refractivity contribution in [2.75, 3.05) is 11.9 Å². The lowest BCUT2D eigenvalue weighted by atomic mass is 10.1. The Labute approximate surface area is 159 Å². The van der Waals surface area contributed by atoms with Crippen molar-refractivity contribution in [3.63, 3.8) is 0 Å². The Morgan fingerprint density at radius 1 is 1.11 bits per heavy atom. The van der Waals surface area contributed by atoms with Crippen molar-refractivity contribution >= 4 is 17.7 Å². The van der Waals surface area contributed by atoms with Crippen LogP contribution >= 0.6 is 0 Å². The summed E-state index contributed by atoms with van der Waals surface area (Å²) in [7, 11) is 0. The Morgan fingerprint density at radius 2 is 1.82 bits per heavy atom. The first-order valence-electron chi connectivity index (χ1n) is 8.44. The molecule has 0 unspecified atom stereocenters. The predicted molar refractivity (Wildman–Crippen MR) is 98.0 cm³/mol. The first-order valence-corrected chi connectivity index (χ1v) is 8.44. The van der Waals surface area contributed by atoms with Crippen molar-refractivity contribution in [1.82, 2.24) is 9.78 Å². The van der Waals surface area contributed by atoms with Gasteiger partial charge < -0.3 is 10.1 Å². The number of carbonyl (C=O) groups excluding carboxylic acids is 2. The highest BCUT2D eigenvalue weighted by atomic mass is 19.1. The van der Waals surface area contributed by atoms with Gasteiger partial charge in [-0.3, -0.25) is 9.59 Å². The van der Waals surface area contributed by atoms with Crippen LogP contribution in [0.15, 0.2) is 54.6 Å². The molecule has 3 rings (SSSR count). The number of aromatic nitrogens is 2. The van der Waals surface area contributed by atoms with Crippen LogP contribution in [0.4, 0.5) is 14.6 Å². The quantitative estimate of drug-likeness (QED) is 0.662. The van der Waals surface area contributed by atoms with E-state index in [0.717, 1.165) is 0 Å². The predicted octanol–water partition coefficient (Wildman–Crippen LogP) is 3.18. The maximum atomic E-state index is 13.5. The number of ether oxygens (including phenoxy) is 1. The Hall–Kier alpha value is -3.55. The molecule has 28 heavy (non-hydrogen) atoms. The number of benzene rings is 2. The molecule has 1 amide bonds. The van der Waals surface area contributed by atoms with Gasteiger partial charge in [-0.05, 0) is 42.8 Å². The molecular weight excluding hydrogens is 368 g/mol. The summed E-state index contributed by atoms with van der Waals surface area (Å²) in [5, 5.41) is 6.85. The number of hydrogen-bond acceptors (Lipinski definition) is 4. The van der Waals surface area contributed by atoms with E-state index in [-0.39, 0.29) is 17.8 Å². The molecule has 3 aromatic rings. The van der Waals surface area contributed by atoms with Crippen molar-refractivity contribution < 1.29 is 23.1 Å². The summed E-state index contributed by atoms with van der Waals surface area (Å²) in [5.74, 6) is -1.85. The minimum absolute atomic E-state index is 0.193. The molecule has 1 heterocycles. The van der Waals surface area contributed by atoms with E-state index in [1.807, 2.05) is 0 Å². The summed E-state index contributed by atoms with van der Waals surface area (Å²) in [6, 6.07) is 13.1. The monoisotopic (exact) mass is 385 g/mol. The first-order chi connectivity index (χ1) is 13.4. The number of rotatable bonds is 6. The lowest BCUT2D eigenvalue weighted by Gasteiger charge is -2.09. The average Bonchev–Trinajstić information content (AvgIpc) is 3.02. The second-order valence-electron chi connectivity index (χ2n) is 6.04. The highest BCUT2D eigenvalue weighted by molar-refractivity contribution is 5.92. The number of halogens is 2. The highest BCUT2D eigenvalue weighted by Gasteiger charge is 2.14. The number of amides is 1. The van der Waals surface area contributed by atoms with Gasteiger partial charge in [0.1, 0.15) is 17.5 Å². The zero-order valence-corrected chi connectivity index (χ0v) is 15.0. The maximum absolute atomic E-state index is 13.5. The smallest absolute Gasteiger partial charge is 0.310 e. The molecule has 2 aromatic carbocycles. The molecular formula is C20H17F2N3O3. The second kappa shape index (κ2) is 8.43. The van der Waals surface area contributed by atoms with Gasteiger partial charge in [-0.1, -0.05) is 18.2 Å². The van der Waals surface area contributed by atoms with Crippen LogP contribution in [0, 0.1) is 18.6 Å². The van der Waals surface area contributed by atoms with Crippen LogP contribution in [0.1, 0.15) is 11.3 Å². The fourth-order valence-electron chi connectivity index (χ4n) is 2.54. The van der Waals surface area contributed by atoms with Gasteiger partial charge in [0, 0.05) is 6.07 Å². The van der Waals surface area contributed by atoms with Crippen LogP contribution in [0.3, 0.4) is 0 Å². The van der Waals surface area contributed by atoms with Crippen molar-refractivity contribution in [3.8, 4) is 5.69 Å². The van der Waals surface area contributed by atoms with Gasteiger partial charge in [0.2, 0.25) is 0 Å². The van der Waals surface area contributed by atoms with Gasteiger partial charge >= 0.3 is 5.97 Å². The SMILES string of the molecule is Cc1cc(NC(=O)COC(=O)Cc2ccccc2F)n(-c2ccc(F)cc2)n1. The van der Waals surface area contributed by atoms with Gasteiger partial charge in [-0.15, -0.1) is 0 Å². The van der Waals surface area contributed by atoms with Crippen LogP contribution in [0.5, 0.6) is 0 Å². The number of esters is 1. The van der Waals surface area contributed by atoms with Crippen molar-refractivity contribution in [3.05, 3.63) is 77.5 Å². The lowest BCUT2D eigenvalue weighted by Crippen LogP contribution is -2.23. The van der Waals surface area contributed by atoms with E-state index in [4.69, 9.17) is 4.74 Å². The molecule has 0 aliphatic heterocycles. The largest absolute Gasteiger partial charge is 0.455 e. The third-order valence-corrected chi connectivity index (χ3v) is 3.83. The Balaban J connectivity index is 1.60. The van der Waals surface area contributed by atoms with E-state index in [9.17, 15) is 18.4 Å². The van der Waals surface area contributed by atoms with Gasteiger partial charge in [-0.2, -0.15) is 5.10 Å².